The second kappa shape index (κ2) is 12.1. The highest BCUT2D eigenvalue weighted by molar-refractivity contribution is 5.79. The third-order valence-corrected chi connectivity index (χ3v) is 7.05. The highest BCUT2D eigenvalue weighted by Crippen LogP contribution is 2.21. The first-order chi connectivity index (χ1) is 16.6. The van der Waals surface area contributed by atoms with Crippen molar-refractivity contribution in [2.24, 2.45) is 0 Å². The fraction of sp³-hybridized carbons (Fsp3) is 0.500. The quantitative estimate of drug-likeness (QED) is 0.684. The molecule has 2 fully saturated rings. The van der Waals surface area contributed by atoms with Gasteiger partial charge in [-0.3, -0.25) is 19.4 Å². The van der Waals surface area contributed by atoms with E-state index in [1.54, 1.807) is 0 Å². The zero-order valence-corrected chi connectivity index (χ0v) is 20.4. The molecule has 2 aromatic carbocycles. The predicted molar refractivity (Wildman–Crippen MR) is 136 cm³/mol. The van der Waals surface area contributed by atoms with Crippen LogP contribution in [0.5, 0.6) is 0 Å². The summed E-state index contributed by atoms with van der Waals surface area (Å²) in [5, 5.41) is 3.14. The third kappa shape index (κ3) is 6.90. The highest BCUT2D eigenvalue weighted by Gasteiger charge is 2.23. The summed E-state index contributed by atoms with van der Waals surface area (Å²) in [5.74, 6) is 0.314. The molecular weight excluding hydrogens is 424 g/mol. The number of carbonyl (C=O) groups is 2. The monoisotopic (exact) mass is 462 g/mol. The molecule has 2 amide bonds. The Morgan fingerprint density at radius 1 is 0.735 bits per heavy atom. The number of carbonyl (C=O) groups excluding carboxylic acids is 2. The second-order valence-corrected chi connectivity index (χ2v) is 9.62. The van der Waals surface area contributed by atoms with Gasteiger partial charge in [-0.2, -0.15) is 0 Å². The molecule has 0 aliphatic carbocycles. The van der Waals surface area contributed by atoms with Crippen LogP contribution in [0.2, 0.25) is 0 Å². The fourth-order valence-electron chi connectivity index (χ4n) is 4.89. The minimum Gasteiger partial charge on any atom is -0.348 e. The fourth-order valence-corrected chi connectivity index (χ4v) is 4.89. The molecule has 2 aliphatic heterocycles. The van der Waals surface area contributed by atoms with Crippen molar-refractivity contribution in [3.05, 3.63) is 60.2 Å². The van der Waals surface area contributed by atoms with Crippen LogP contribution in [0.15, 0.2) is 54.6 Å². The SMILES string of the molecule is CC(NC(=O)CN1CCN(CC(=O)N2CCCCCC2)CC1)c1ccc(-c2ccccc2)cc1. The van der Waals surface area contributed by atoms with Gasteiger partial charge in [0.15, 0.2) is 0 Å². The van der Waals surface area contributed by atoms with Gasteiger partial charge in [0.2, 0.25) is 11.8 Å². The summed E-state index contributed by atoms with van der Waals surface area (Å²) in [7, 11) is 0. The molecule has 182 valence electrons. The molecule has 6 nitrogen and oxygen atoms in total. The molecule has 34 heavy (non-hydrogen) atoms. The molecule has 0 saturated carbocycles. The van der Waals surface area contributed by atoms with Crippen molar-refractivity contribution < 1.29 is 9.59 Å². The Morgan fingerprint density at radius 2 is 1.29 bits per heavy atom. The standard InChI is InChI=1S/C28H38N4O2/c1-23(24-11-13-26(14-12-24)25-9-5-4-6-10-25)29-27(33)21-30-17-19-31(20-18-30)22-28(34)32-15-7-2-3-8-16-32/h4-6,9-14,23H,2-3,7-8,15-22H2,1H3,(H,29,33). The second-order valence-electron chi connectivity index (χ2n) is 9.62. The van der Waals surface area contributed by atoms with E-state index in [-0.39, 0.29) is 17.9 Å². The van der Waals surface area contributed by atoms with E-state index < -0.39 is 0 Å². The summed E-state index contributed by atoms with van der Waals surface area (Å²) >= 11 is 0. The number of likely N-dealkylation sites (tertiary alicyclic amines) is 1. The Hall–Kier alpha value is -2.70. The van der Waals surface area contributed by atoms with Crippen molar-refractivity contribution in [2.75, 3.05) is 52.4 Å². The number of nitrogens with zero attached hydrogens (tertiary/aromatic N) is 3. The van der Waals surface area contributed by atoms with E-state index >= 15 is 0 Å². The molecule has 0 bridgehead atoms. The zero-order chi connectivity index (χ0) is 23.8. The maximum absolute atomic E-state index is 12.7. The Bertz CT molecular complexity index is 915. The first kappa shape index (κ1) is 24.4. The average Bonchev–Trinajstić information content (AvgIpc) is 3.16. The van der Waals surface area contributed by atoms with Crippen LogP contribution in [0.4, 0.5) is 0 Å². The lowest BCUT2D eigenvalue weighted by Crippen LogP contribution is -2.52. The van der Waals surface area contributed by atoms with E-state index in [0.29, 0.717) is 13.1 Å². The maximum Gasteiger partial charge on any atom is 0.236 e. The van der Waals surface area contributed by atoms with Crippen molar-refractivity contribution in [3.63, 3.8) is 0 Å². The van der Waals surface area contributed by atoms with Gasteiger partial charge in [0.05, 0.1) is 19.1 Å². The molecule has 0 radical (unpaired) electrons. The molecule has 6 heteroatoms. The summed E-state index contributed by atoms with van der Waals surface area (Å²) in [6.45, 7) is 8.07. The zero-order valence-electron chi connectivity index (χ0n) is 20.4. The van der Waals surface area contributed by atoms with Crippen molar-refractivity contribution in [3.8, 4) is 11.1 Å². The number of nitrogens with one attached hydrogen (secondary N) is 1. The van der Waals surface area contributed by atoms with Crippen LogP contribution in [0.3, 0.4) is 0 Å². The Kier molecular flexibility index (Phi) is 8.72. The largest absolute Gasteiger partial charge is 0.348 e. The van der Waals surface area contributed by atoms with E-state index in [0.717, 1.165) is 57.7 Å². The van der Waals surface area contributed by atoms with Gasteiger partial charge in [0.25, 0.3) is 0 Å². The number of amides is 2. The van der Waals surface area contributed by atoms with Gasteiger partial charge in [0.1, 0.15) is 0 Å². The van der Waals surface area contributed by atoms with Crippen molar-refractivity contribution in [1.29, 1.82) is 0 Å². The van der Waals surface area contributed by atoms with Gasteiger partial charge in [0, 0.05) is 39.3 Å². The molecular formula is C28H38N4O2. The molecule has 2 aromatic rings. The van der Waals surface area contributed by atoms with Crippen LogP contribution in [0.1, 0.15) is 44.2 Å². The number of rotatable bonds is 7. The first-order valence-corrected chi connectivity index (χ1v) is 12.8. The molecule has 0 spiro atoms. The summed E-state index contributed by atoms with van der Waals surface area (Å²) < 4.78 is 0. The Morgan fingerprint density at radius 3 is 1.91 bits per heavy atom. The maximum atomic E-state index is 12.7. The third-order valence-electron chi connectivity index (χ3n) is 7.05. The lowest BCUT2D eigenvalue weighted by molar-refractivity contribution is -0.133. The van der Waals surface area contributed by atoms with Crippen LogP contribution >= 0.6 is 0 Å². The topological polar surface area (TPSA) is 55.9 Å². The van der Waals surface area contributed by atoms with E-state index in [1.165, 1.54) is 24.0 Å². The Balaban J connectivity index is 1.18. The van der Waals surface area contributed by atoms with Gasteiger partial charge < -0.3 is 10.2 Å². The molecule has 2 aliphatic rings. The number of hydrogen-bond donors (Lipinski definition) is 1. The number of hydrogen-bond acceptors (Lipinski definition) is 4. The molecule has 0 aromatic heterocycles. The van der Waals surface area contributed by atoms with Crippen LogP contribution in [0, 0.1) is 0 Å². The molecule has 4 rings (SSSR count). The predicted octanol–water partition coefficient (Wildman–Crippen LogP) is 3.55. The van der Waals surface area contributed by atoms with E-state index in [1.807, 2.05) is 30.0 Å². The van der Waals surface area contributed by atoms with Gasteiger partial charge >= 0.3 is 0 Å². The van der Waals surface area contributed by atoms with Crippen LogP contribution in [-0.2, 0) is 9.59 Å². The lowest BCUT2D eigenvalue weighted by atomic mass is 10.0. The van der Waals surface area contributed by atoms with Gasteiger partial charge in [-0.1, -0.05) is 67.4 Å². The number of benzene rings is 2. The Labute approximate surface area is 203 Å². The van der Waals surface area contributed by atoms with Crippen LogP contribution < -0.4 is 5.32 Å². The van der Waals surface area contributed by atoms with E-state index in [9.17, 15) is 9.59 Å². The molecule has 2 heterocycles. The highest BCUT2D eigenvalue weighted by atomic mass is 16.2. The van der Waals surface area contributed by atoms with Gasteiger partial charge in [-0.25, -0.2) is 0 Å². The summed E-state index contributed by atoms with van der Waals surface area (Å²) in [5.41, 5.74) is 3.47. The molecule has 1 atom stereocenters. The summed E-state index contributed by atoms with van der Waals surface area (Å²) in [6.07, 6.45) is 4.73. The smallest absolute Gasteiger partial charge is 0.236 e. The molecule has 1 N–H and O–H groups in total. The van der Waals surface area contributed by atoms with Crippen molar-refractivity contribution in [2.45, 2.75) is 38.6 Å². The van der Waals surface area contributed by atoms with Crippen molar-refractivity contribution in [1.82, 2.24) is 20.0 Å². The lowest BCUT2D eigenvalue weighted by Gasteiger charge is -2.35. The number of piperazine rings is 1. The van der Waals surface area contributed by atoms with Gasteiger partial charge in [-0.05, 0) is 36.5 Å². The normalized spacial score (nSPS) is 18.8. The average molecular weight is 463 g/mol. The minimum absolute atomic E-state index is 0.0372. The van der Waals surface area contributed by atoms with Crippen LogP contribution in [0.25, 0.3) is 11.1 Å². The van der Waals surface area contributed by atoms with Gasteiger partial charge in [-0.15, -0.1) is 0 Å². The van der Waals surface area contributed by atoms with Crippen LogP contribution in [-0.4, -0.2) is 78.9 Å². The summed E-state index contributed by atoms with van der Waals surface area (Å²) in [4.78, 5) is 31.8. The molecule has 2 saturated heterocycles. The van der Waals surface area contributed by atoms with E-state index in [2.05, 4.69) is 51.5 Å². The minimum atomic E-state index is -0.0372. The van der Waals surface area contributed by atoms with E-state index in [4.69, 9.17) is 0 Å². The van der Waals surface area contributed by atoms with Crippen molar-refractivity contribution >= 4 is 11.8 Å². The summed E-state index contributed by atoms with van der Waals surface area (Å²) in [6, 6.07) is 18.7. The first-order valence-electron chi connectivity index (χ1n) is 12.8. The molecule has 1 unspecified atom stereocenters.